The zero-order valence-electron chi connectivity index (χ0n) is 10.2. The van der Waals surface area contributed by atoms with E-state index in [4.69, 9.17) is 23.2 Å². The summed E-state index contributed by atoms with van der Waals surface area (Å²) in [5.74, 6) is 0. The van der Waals surface area contributed by atoms with Crippen molar-refractivity contribution < 1.29 is 8.42 Å². The number of hydrogen-bond acceptors (Lipinski definition) is 5. The highest BCUT2D eigenvalue weighted by atomic mass is 35.5. The van der Waals surface area contributed by atoms with E-state index in [9.17, 15) is 8.42 Å². The van der Waals surface area contributed by atoms with Gasteiger partial charge in [-0.2, -0.15) is 0 Å². The van der Waals surface area contributed by atoms with Crippen molar-refractivity contribution in [3.05, 3.63) is 46.1 Å². The molecule has 0 atom stereocenters. The Balaban J connectivity index is 2.09. The Kier molecular flexibility index (Phi) is 3.75. The van der Waals surface area contributed by atoms with E-state index in [0.29, 0.717) is 5.52 Å². The minimum absolute atomic E-state index is 0.00537. The van der Waals surface area contributed by atoms with Crippen molar-refractivity contribution in [3.63, 3.8) is 0 Å². The van der Waals surface area contributed by atoms with Crippen molar-refractivity contribution in [2.75, 3.05) is 4.72 Å². The predicted molar refractivity (Wildman–Crippen MR) is 84.7 cm³/mol. The molecule has 21 heavy (non-hydrogen) atoms. The lowest BCUT2D eigenvalue weighted by molar-refractivity contribution is 0.601. The van der Waals surface area contributed by atoms with Crippen LogP contribution in [0.2, 0.25) is 10.2 Å². The van der Waals surface area contributed by atoms with Crippen LogP contribution in [0.25, 0.3) is 10.2 Å². The molecule has 0 aliphatic carbocycles. The number of sulfonamides is 1. The fourth-order valence-corrected chi connectivity index (χ4v) is 4.03. The number of nitrogens with zero attached hydrogens (tertiary/aromatic N) is 2. The Labute approximate surface area is 134 Å². The molecule has 0 saturated carbocycles. The molecule has 9 heteroatoms. The lowest BCUT2D eigenvalue weighted by Gasteiger charge is -2.10. The largest absolute Gasteiger partial charge is 0.276 e. The molecule has 5 nitrogen and oxygen atoms in total. The van der Waals surface area contributed by atoms with Gasteiger partial charge in [0.05, 0.1) is 25.8 Å². The van der Waals surface area contributed by atoms with Gasteiger partial charge >= 0.3 is 0 Å². The molecule has 108 valence electrons. The van der Waals surface area contributed by atoms with Crippen LogP contribution in [0.3, 0.4) is 0 Å². The van der Waals surface area contributed by atoms with Crippen LogP contribution < -0.4 is 4.72 Å². The van der Waals surface area contributed by atoms with Crippen molar-refractivity contribution in [1.29, 1.82) is 0 Å². The van der Waals surface area contributed by atoms with Crippen LogP contribution in [-0.2, 0) is 10.0 Å². The third-order valence-corrected chi connectivity index (χ3v) is 5.36. The summed E-state index contributed by atoms with van der Waals surface area (Å²) in [7, 11) is -3.82. The summed E-state index contributed by atoms with van der Waals surface area (Å²) in [4.78, 5) is 7.91. The molecule has 0 amide bonds. The first-order valence-corrected chi connectivity index (χ1v) is 8.75. The number of hydrogen-bond donors (Lipinski definition) is 1. The fourth-order valence-electron chi connectivity index (χ4n) is 1.75. The SMILES string of the molecule is O=S(=O)(Nc1c(Cl)ccc2scnc12)c1ccnc(Cl)c1. The maximum atomic E-state index is 12.4. The number of aromatic nitrogens is 2. The smallest absolute Gasteiger partial charge is 0.262 e. The normalized spacial score (nSPS) is 11.7. The quantitative estimate of drug-likeness (QED) is 0.721. The third kappa shape index (κ3) is 2.82. The van der Waals surface area contributed by atoms with Gasteiger partial charge in [-0.1, -0.05) is 23.2 Å². The summed E-state index contributed by atoms with van der Waals surface area (Å²) in [6, 6.07) is 6.03. The van der Waals surface area contributed by atoms with E-state index in [1.165, 1.54) is 29.7 Å². The van der Waals surface area contributed by atoms with E-state index in [1.807, 2.05) is 0 Å². The highest BCUT2D eigenvalue weighted by molar-refractivity contribution is 7.92. The summed E-state index contributed by atoms with van der Waals surface area (Å²) in [5, 5.41) is 0.368. The zero-order valence-corrected chi connectivity index (χ0v) is 13.4. The van der Waals surface area contributed by atoms with Crippen LogP contribution in [0.4, 0.5) is 5.69 Å². The number of halogens is 2. The number of benzene rings is 1. The molecule has 1 N–H and O–H groups in total. The molecule has 0 aliphatic heterocycles. The first-order chi connectivity index (χ1) is 9.97. The Morgan fingerprint density at radius 2 is 1.95 bits per heavy atom. The number of anilines is 1. The zero-order chi connectivity index (χ0) is 15.0. The first kappa shape index (κ1) is 14.5. The van der Waals surface area contributed by atoms with E-state index in [-0.39, 0.29) is 20.8 Å². The van der Waals surface area contributed by atoms with Crippen LogP contribution in [0.5, 0.6) is 0 Å². The average Bonchev–Trinajstić information content (AvgIpc) is 2.91. The molecule has 0 spiro atoms. The Bertz CT molecular complexity index is 925. The van der Waals surface area contributed by atoms with Gasteiger partial charge in [0.1, 0.15) is 10.7 Å². The number of rotatable bonds is 3. The highest BCUT2D eigenvalue weighted by Gasteiger charge is 2.19. The maximum absolute atomic E-state index is 12.4. The van der Waals surface area contributed by atoms with Gasteiger partial charge < -0.3 is 0 Å². The maximum Gasteiger partial charge on any atom is 0.262 e. The molecule has 2 aromatic heterocycles. The van der Waals surface area contributed by atoms with Crippen molar-refractivity contribution in [2.24, 2.45) is 0 Å². The van der Waals surface area contributed by atoms with Gasteiger partial charge in [-0.05, 0) is 24.3 Å². The molecule has 0 bridgehead atoms. The van der Waals surface area contributed by atoms with Gasteiger partial charge in [-0.25, -0.2) is 18.4 Å². The molecule has 0 radical (unpaired) electrons. The second-order valence-corrected chi connectivity index (χ2v) is 7.40. The van der Waals surface area contributed by atoms with Gasteiger partial charge in [0, 0.05) is 6.20 Å². The van der Waals surface area contributed by atoms with Crippen LogP contribution >= 0.6 is 34.5 Å². The lowest BCUT2D eigenvalue weighted by Crippen LogP contribution is -2.13. The molecule has 0 aliphatic rings. The van der Waals surface area contributed by atoms with E-state index >= 15 is 0 Å². The van der Waals surface area contributed by atoms with Crippen molar-refractivity contribution >= 4 is 60.5 Å². The average molecular weight is 360 g/mol. The summed E-state index contributed by atoms with van der Waals surface area (Å²) < 4.78 is 28.1. The standard InChI is InChI=1S/C12H7Cl2N3O2S2/c13-8-1-2-9-12(16-6-20-9)11(8)17-21(18,19)7-3-4-15-10(14)5-7/h1-6,17H. The summed E-state index contributed by atoms with van der Waals surface area (Å²) in [6.45, 7) is 0. The van der Waals surface area contributed by atoms with Crippen LogP contribution in [-0.4, -0.2) is 18.4 Å². The topological polar surface area (TPSA) is 72.0 Å². The Hall–Kier alpha value is -1.41. The second kappa shape index (κ2) is 5.42. The molecule has 0 unspecified atom stereocenters. The summed E-state index contributed by atoms with van der Waals surface area (Å²) >= 11 is 13.2. The van der Waals surface area contributed by atoms with Crippen LogP contribution in [0.1, 0.15) is 0 Å². The molecule has 1 aromatic carbocycles. The lowest BCUT2D eigenvalue weighted by atomic mass is 10.3. The Morgan fingerprint density at radius 3 is 2.71 bits per heavy atom. The Morgan fingerprint density at radius 1 is 1.14 bits per heavy atom. The second-order valence-electron chi connectivity index (χ2n) is 4.04. The van der Waals surface area contributed by atoms with Crippen LogP contribution in [0, 0.1) is 0 Å². The van der Waals surface area contributed by atoms with Crippen molar-refractivity contribution in [2.45, 2.75) is 4.90 Å². The molecular formula is C12H7Cl2N3O2S2. The minimum Gasteiger partial charge on any atom is -0.276 e. The van der Waals surface area contributed by atoms with Gasteiger partial charge in [-0.15, -0.1) is 11.3 Å². The summed E-state index contributed by atoms with van der Waals surface area (Å²) in [5.41, 5.74) is 2.39. The van der Waals surface area contributed by atoms with Crippen molar-refractivity contribution in [3.8, 4) is 0 Å². The molecule has 2 heterocycles. The molecule has 3 aromatic rings. The van der Waals surface area contributed by atoms with Gasteiger partial charge in [0.15, 0.2) is 0 Å². The number of thiazole rings is 1. The van der Waals surface area contributed by atoms with Crippen LogP contribution in [0.15, 0.2) is 40.9 Å². The minimum atomic E-state index is -3.82. The molecule has 3 rings (SSSR count). The number of fused-ring (bicyclic) bond motifs is 1. The van der Waals surface area contributed by atoms with E-state index in [0.717, 1.165) is 4.70 Å². The third-order valence-electron chi connectivity index (χ3n) is 2.70. The number of pyridine rings is 1. The van der Waals surface area contributed by atoms with E-state index in [1.54, 1.807) is 17.6 Å². The molecular weight excluding hydrogens is 353 g/mol. The predicted octanol–water partition coefficient (Wildman–Crippen LogP) is 3.80. The van der Waals surface area contributed by atoms with E-state index < -0.39 is 10.0 Å². The van der Waals surface area contributed by atoms with Gasteiger partial charge in [-0.3, -0.25) is 4.72 Å². The fraction of sp³-hybridized carbons (Fsp3) is 0. The highest BCUT2D eigenvalue weighted by Crippen LogP contribution is 2.33. The van der Waals surface area contributed by atoms with Gasteiger partial charge in [0.2, 0.25) is 0 Å². The first-order valence-electron chi connectivity index (χ1n) is 5.63. The van der Waals surface area contributed by atoms with E-state index in [2.05, 4.69) is 14.7 Å². The van der Waals surface area contributed by atoms with Gasteiger partial charge in [0.25, 0.3) is 10.0 Å². The number of nitrogens with one attached hydrogen (secondary N) is 1. The summed E-state index contributed by atoms with van der Waals surface area (Å²) in [6.07, 6.45) is 1.32. The monoisotopic (exact) mass is 359 g/mol. The molecule has 0 fully saturated rings. The molecule has 0 saturated heterocycles. The van der Waals surface area contributed by atoms with Crippen molar-refractivity contribution in [1.82, 2.24) is 9.97 Å².